The molecule has 1 unspecified atom stereocenters. The van der Waals surface area contributed by atoms with Gasteiger partial charge >= 0.3 is 184 Å². The minimum atomic E-state index is -2.97. The fraction of sp³-hybridized carbons (Fsp3) is 0.913. The maximum atomic E-state index is 13.2. The Kier molecular flexibility index (Phi) is 13.5. The Hall–Kier alpha value is -0.461. The van der Waals surface area contributed by atoms with E-state index in [0.717, 1.165) is 19.3 Å². The molecule has 6 heteroatoms. The van der Waals surface area contributed by atoms with Gasteiger partial charge < -0.3 is 0 Å². The Morgan fingerprint density at radius 2 is 1.28 bits per heavy atom. The van der Waals surface area contributed by atoms with Crippen LogP contribution in [0.2, 0.25) is 13.3 Å². The molecule has 29 heavy (non-hydrogen) atoms. The molecule has 0 N–H and O–H groups in total. The summed E-state index contributed by atoms with van der Waals surface area (Å²) in [6, 6.07) is 0. The monoisotopic (exact) mass is 521 g/mol. The summed E-state index contributed by atoms with van der Waals surface area (Å²) in [6.07, 6.45) is 5.85. The predicted octanol–water partition coefficient (Wildman–Crippen LogP) is 7.40. The van der Waals surface area contributed by atoms with Crippen LogP contribution in [-0.2, 0) is 9.47 Å². The van der Waals surface area contributed by atoms with E-state index in [1.54, 1.807) is 0 Å². The van der Waals surface area contributed by atoms with Crippen LogP contribution in [-0.4, -0.2) is 52.2 Å². The summed E-state index contributed by atoms with van der Waals surface area (Å²) in [5.74, 6) is 0.197. The molecule has 0 aromatic heterocycles. The number of carbonyl (C=O) groups excluding carboxylic acids is 2. The third kappa shape index (κ3) is 9.48. The summed E-state index contributed by atoms with van der Waals surface area (Å²) < 4.78 is 14.4. The van der Waals surface area contributed by atoms with Gasteiger partial charge in [0.05, 0.1) is 0 Å². The first-order chi connectivity index (χ1) is 13.5. The van der Waals surface area contributed by atoms with Crippen LogP contribution in [0, 0.1) is 5.92 Å². The molecular weight excluding hydrogens is 473 g/mol. The van der Waals surface area contributed by atoms with Gasteiger partial charge in [-0.2, -0.15) is 0 Å². The average Bonchev–Trinajstić information content (AvgIpc) is 2.63. The number of carbonyl (C=O) groups is 2. The molecule has 2 amide bonds. The first-order valence-corrected chi connectivity index (χ1v) is 19.3. The van der Waals surface area contributed by atoms with Crippen molar-refractivity contribution in [3.63, 3.8) is 0 Å². The van der Waals surface area contributed by atoms with Crippen molar-refractivity contribution in [2.75, 3.05) is 7.11 Å². The molecule has 0 heterocycles. The zero-order valence-corrected chi connectivity index (χ0v) is 23.5. The van der Waals surface area contributed by atoms with Crippen LogP contribution < -0.4 is 0 Å². The number of hydrogen-bond acceptors (Lipinski definition) is 4. The summed E-state index contributed by atoms with van der Waals surface area (Å²) in [5, 5.41) is 0. The molecule has 0 aliphatic heterocycles. The van der Waals surface area contributed by atoms with Gasteiger partial charge in [0.15, 0.2) is 0 Å². The average molecular weight is 520 g/mol. The number of hydrogen-bond donors (Lipinski definition) is 0. The Bertz CT molecular complexity index is 466. The van der Waals surface area contributed by atoms with Gasteiger partial charge in [0, 0.05) is 0 Å². The summed E-state index contributed by atoms with van der Waals surface area (Å²) in [6.45, 7) is 16.5. The zero-order valence-electron chi connectivity index (χ0n) is 20.6. The van der Waals surface area contributed by atoms with Crippen LogP contribution in [0.1, 0.15) is 93.9 Å². The van der Waals surface area contributed by atoms with Crippen LogP contribution in [0.4, 0.5) is 9.59 Å². The molecule has 0 saturated heterocycles. The van der Waals surface area contributed by atoms with E-state index in [-0.39, 0.29) is 9.98 Å². The third-order valence-corrected chi connectivity index (χ3v) is 23.4. The molecule has 1 atom stereocenters. The molecule has 0 saturated carbocycles. The number of nitrogens with zero attached hydrogens (tertiary/aromatic N) is 1. The summed E-state index contributed by atoms with van der Waals surface area (Å²) in [5.41, 5.74) is -0.653. The van der Waals surface area contributed by atoms with Crippen molar-refractivity contribution in [1.29, 1.82) is 0 Å². The molecule has 5 nitrogen and oxygen atoms in total. The molecule has 0 aliphatic carbocycles. The van der Waals surface area contributed by atoms with Gasteiger partial charge in [0.25, 0.3) is 0 Å². The molecule has 0 bridgehead atoms. The Morgan fingerprint density at radius 1 is 0.862 bits per heavy atom. The van der Waals surface area contributed by atoms with Gasteiger partial charge in [0.1, 0.15) is 0 Å². The number of methoxy groups -OCH3 is 1. The van der Waals surface area contributed by atoms with Crippen LogP contribution in [0.3, 0.4) is 0 Å². The normalized spacial score (nSPS) is 13.3. The van der Waals surface area contributed by atoms with E-state index in [1.807, 2.05) is 20.8 Å². The Morgan fingerprint density at radius 3 is 1.55 bits per heavy atom. The van der Waals surface area contributed by atoms with E-state index < -0.39 is 36.2 Å². The molecule has 172 valence electrons. The van der Waals surface area contributed by atoms with Crippen LogP contribution in [0.25, 0.3) is 0 Å². The first kappa shape index (κ1) is 28.5. The number of ether oxygens (including phenoxy) is 2. The molecule has 0 fully saturated rings. The predicted molar refractivity (Wildman–Crippen MR) is 124 cm³/mol. The minimum absolute atomic E-state index is 0.0451. The van der Waals surface area contributed by atoms with Gasteiger partial charge in [-0.05, 0) is 0 Å². The summed E-state index contributed by atoms with van der Waals surface area (Å²) >= 11 is -2.97. The number of amides is 2. The Balaban J connectivity index is 6.38. The number of rotatable bonds is 12. The molecule has 0 spiro atoms. The quantitative estimate of drug-likeness (QED) is 0.252. The van der Waals surface area contributed by atoms with Crippen molar-refractivity contribution in [3.8, 4) is 0 Å². The second-order valence-corrected chi connectivity index (χ2v) is 23.4. The standard InChI is InChI=1S/C11H20NO4.3C4H9.Sn/c1-8(2)7-12(9(13)15-6)10(14)16-11(3,4)5;3*1-3-4-2;/h7-8H,1-6H3;3*1,3-4H2,2H3;. The summed E-state index contributed by atoms with van der Waals surface area (Å²) in [4.78, 5) is 27.5. The van der Waals surface area contributed by atoms with Gasteiger partial charge in [-0.3, -0.25) is 0 Å². The van der Waals surface area contributed by atoms with E-state index in [2.05, 4.69) is 34.6 Å². The second-order valence-electron chi connectivity index (χ2n) is 9.68. The maximum absolute atomic E-state index is 13.2. The molecule has 0 radical (unpaired) electrons. The van der Waals surface area contributed by atoms with E-state index in [4.69, 9.17) is 9.47 Å². The van der Waals surface area contributed by atoms with Crippen molar-refractivity contribution in [2.24, 2.45) is 5.92 Å². The van der Waals surface area contributed by atoms with Crippen molar-refractivity contribution in [2.45, 2.75) is 117 Å². The van der Waals surface area contributed by atoms with E-state index in [1.165, 1.54) is 44.6 Å². The number of imide groups is 1. The van der Waals surface area contributed by atoms with Crippen LogP contribution >= 0.6 is 0 Å². The molecule has 0 rings (SSSR count). The molecule has 0 aromatic carbocycles. The van der Waals surface area contributed by atoms with Crippen molar-refractivity contribution >= 4 is 30.6 Å². The molecule has 0 aliphatic rings. The van der Waals surface area contributed by atoms with Crippen molar-refractivity contribution in [3.05, 3.63) is 0 Å². The van der Waals surface area contributed by atoms with E-state index >= 15 is 0 Å². The second kappa shape index (κ2) is 13.8. The topological polar surface area (TPSA) is 55.8 Å². The van der Waals surface area contributed by atoms with Crippen molar-refractivity contribution in [1.82, 2.24) is 4.90 Å². The third-order valence-electron chi connectivity index (χ3n) is 5.58. The molecular formula is C23H47NO4Sn. The van der Waals surface area contributed by atoms with E-state index in [9.17, 15) is 9.59 Å². The van der Waals surface area contributed by atoms with Crippen LogP contribution in [0.5, 0.6) is 0 Å². The SMILES string of the molecule is CCC[CH2][Sn]([CH2]CCC)([CH2]CCC)[CH](C(C)C)N(C(=O)OC)C(=O)OC(C)(C)C. The van der Waals surface area contributed by atoms with Gasteiger partial charge in [-0.15, -0.1) is 0 Å². The Labute approximate surface area is 184 Å². The fourth-order valence-corrected chi connectivity index (χ4v) is 24.3. The van der Waals surface area contributed by atoms with E-state index in [0.29, 0.717) is 0 Å². The molecule has 0 aromatic rings. The van der Waals surface area contributed by atoms with Crippen molar-refractivity contribution < 1.29 is 19.1 Å². The first-order valence-electron chi connectivity index (χ1n) is 11.6. The van der Waals surface area contributed by atoms with Gasteiger partial charge in [0.2, 0.25) is 0 Å². The number of unbranched alkanes of at least 4 members (excludes halogenated alkanes) is 3. The zero-order chi connectivity index (χ0) is 22.7. The summed E-state index contributed by atoms with van der Waals surface area (Å²) in [7, 11) is 1.36. The van der Waals surface area contributed by atoms with Crippen LogP contribution in [0.15, 0.2) is 0 Å². The fourth-order valence-electron chi connectivity index (χ4n) is 4.40. The van der Waals surface area contributed by atoms with Gasteiger partial charge in [-0.1, -0.05) is 0 Å². The van der Waals surface area contributed by atoms with Gasteiger partial charge in [-0.25, -0.2) is 0 Å².